The molecule has 0 radical (unpaired) electrons. The largest absolute Gasteiger partial charge is 0.356 e. The molecule has 0 spiro atoms. The van der Waals surface area contributed by atoms with Crippen LogP contribution < -0.4 is 5.73 Å². The van der Waals surface area contributed by atoms with Gasteiger partial charge in [-0.2, -0.15) is 0 Å². The summed E-state index contributed by atoms with van der Waals surface area (Å²) in [6.07, 6.45) is 0.848. The zero-order valence-corrected chi connectivity index (χ0v) is 11.5. The van der Waals surface area contributed by atoms with Crippen LogP contribution in [0.5, 0.6) is 0 Å². The highest BCUT2D eigenvalue weighted by atomic mass is 16.5. The summed E-state index contributed by atoms with van der Waals surface area (Å²) in [5, 5.41) is 5.29. The third-order valence-corrected chi connectivity index (χ3v) is 3.71. The van der Waals surface area contributed by atoms with Crippen molar-refractivity contribution in [3.8, 4) is 0 Å². The van der Waals surface area contributed by atoms with E-state index in [-0.39, 0.29) is 12.0 Å². The summed E-state index contributed by atoms with van der Waals surface area (Å²) >= 11 is 0. The van der Waals surface area contributed by atoms with Crippen molar-refractivity contribution < 1.29 is 4.52 Å². The normalized spacial score (nSPS) is 14.3. The second kappa shape index (κ2) is 5.47. The quantitative estimate of drug-likeness (QED) is 0.776. The molecular formula is C17H18N2O. The lowest BCUT2D eigenvalue weighted by Crippen LogP contribution is -2.13. The summed E-state index contributed by atoms with van der Waals surface area (Å²) < 4.78 is 5.37. The molecule has 2 atom stereocenters. The molecule has 3 nitrogen and oxygen atoms in total. The number of benzene rings is 2. The molecule has 102 valence electrons. The van der Waals surface area contributed by atoms with Crippen LogP contribution in [0.4, 0.5) is 0 Å². The van der Waals surface area contributed by atoms with E-state index in [9.17, 15) is 0 Å². The number of hydrogen-bond acceptors (Lipinski definition) is 3. The van der Waals surface area contributed by atoms with Gasteiger partial charge in [0, 0.05) is 17.3 Å². The van der Waals surface area contributed by atoms with Gasteiger partial charge in [-0.15, -0.1) is 0 Å². The van der Waals surface area contributed by atoms with Crippen molar-refractivity contribution in [3.63, 3.8) is 0 Å². The van der Waals surface area contributed by atoms with Crippen LogP contribution in [0.2, 0.25) is 0 Å². The fraction of sp³-hybridized carbons (Fsp3) is 0.235. The van der Waals surface area contributed by atoms with Gasteiger partial charge in [0.1, 0.15) is 0 Å². The Morgan fingerprint density at radius 1 is 1.05 bits per heavy atom. The Kier molecular flexibility index (Phi) is 3.52. The van der Waals surface area contributed by atoms with E-state index in [0.717, 1.165) is 28.6 Å². The van der Waals surface area contributed by atoms with Crippen LogP contribution in [0.25, 0.3) is 11.0 Å². The molecule has 20 heavy (non-hydrogen) atoms. The predicted octanol–water partition coefficient (Wildman–Crippen LogP) is 4.02. The molecule has 1 heterocycles. The van der Waals surface area contributed by atoms with Crippen molar-refractivity contribution in [2.24, 2.45) is 5.73 Å². The zero-order valence-electron chi connectivity index (χ0n) is 11.5. The first kappa shape index (κ1) is 12.9. The molecule has 1 aromatic heterocycles. The molecule has 0 amide bonds. The minimum absolute atomic E-state index is 0.0154. The van der Waals surface area contributed by atoms with Gasteiger partial charge in [0.15, 0.2) is 5.58 Å². The van der Waals surface area contributed by atoms with Crippen LogP contribution in [-0.4, -0.2) is 5.16 Å². The standard InChI is InChI=1S/C17H18N2O/c1-12(11-15(18)13-7-3-2-4-8-13)17-14-9-5-6-10-16(14)20-19-17/h2-10,12,15H,11,18H2,1H3. The molecule has 3 heteroatoms. The lowest BCUT2D eigenvalue weighted by atomic mass is 9.93. The molecule has 3 aromatic rings. The summed E-state index contributed by atoms with van der Waals surface area (Å²) in [5.74, 6) is 0.258. The van der Waals surface area contributed by atoms with Crippen LogP contribution in [0.1, 0.15) is 36.6 Å². The van der Waals surface area contributed by atoms with E-state index in [1.54, 1.807) is 0 Å². The van der Waals surface area contributed by atoms with Gasteiger partial charge < -0.3 is 10.3 Å². The van der Waals surface area contributed by atoms with Gasteiger partial charge in [-0.05, 0) is 24.1 Å². The fourth-order valence-corrected chi connectivity index (χ4v) is 2.59. The van der Waals surface area contributed by atoms with Crippen molar-refractivity contribution in [2.75, 3.05) is 0 Å². The summed E-state index contributed by atoms with van der Waals surface area (Å²) in [7, 11) is 0. The maximum atomic E-state index is 6.29. The highest BCUT2D eigenvalue weighted by Crippen LogP contribution is 2.30. The van der Waals surface area contributed by atoms with Gasteiger partial charge in [0.2, 0.25) is 0 Å². The van der Waals surface area contributed by atoms with Gasteiger partial charge in [0.25, 0.3) is 0 Å². The third kappa shape index (κ3) is 2.45. The molecule has 2 aromatic carbocycles. The molecule has 0 fully saturated rings. The summed E-state index contributed by atoms with van der Waals surface area (Å²) in [6.45, 7) is 2.15. The molecule has 0 saturated heterocycles. The van der Waals surface area contributed by atoms with Gasteiger partial charge in [0.05, 0.1) is 5.69 Å². The van der Waals surface area contributed by atoms with Crippen molar-refractivity contribution in [1.82, 2.24) is 5.16 Å². The maximum absolute atomic E-state index is 6.29. The first-order chi connectivity index (χ1) is 9.75. The molecule has 0 aliphatic rings. The Morgan fingerprint density at radius 3 is 2.55 bits per heavy atom. The van der Waals surface area contributed by atoms with Gasteiger partial charge in [-0.25, -0.2) is 0 Å². The average Bonchev–Trinajstić information content (AvgIpc) is 2.92. The highest BCUT2D eigenvalue weighted by molar-refractivity contribution is 5.79. The van der Waals surface area contributed by atoms with E-state index in [1.807, 2.05) is 42.5 Å². The summed E-state index contributed by atoms with van der Waals surface area (Å²) in [4.78, 5) is 0. The lowest BCUT2D eigenvalue weighted by molar-refractivity contribution is 0.431. The van der Waals surface area contributed by atoms with Crippen LogP contribution in [-0.2, 0) is 0 Å². The fourth-order valence-electron chi connectivity index (χ4n) is 2.59. The number of fused-ring (bicyclic) bond motifs is 1. The van der Waals surface area contributed by atoms with E-state index in [4.69, 9.17) is 10.3 Å². The summed E-state index contributed by atoms with van der Waals surface area (Å²) in [6, 6.07) is 18.1. The number of para-hydroxylation sites is 1. The van der Waals surface area contributed by atoms with Gasteiger partial charge in [-0.3, -0.25) is 0 Å². The lowest BCUT2D eigenvalue weighted by Gasteiger charge is -2.16. The molecule has 3 rings (SSSR count). The number of hydrogen-bond donors (Lipinski definition) is 1. The molecule has 0 saturated carbocycles. The van der Waals surface area contributed by atoms with E-state index in [0.29, 0.717) is 0 Å². The molecular weight excluding hydrogens is 248 g/mol. The Labute approximate surface area is 118 Å². The van der Waals surface area contributed by atoms with Gasteiger partial charge >= 0.3 is 0 Å². The van der Waals surface area contributed by atoms with Crippen molar-refractivity contribution in [2.45, 2.75) is 25.3 Å². The minimum atomic E-state index is 0.0154. The zero-order chi connectivity index (χ0) is 13.9. The van der Waals surface area contributed by atoms with E-state index >= 15 is 0 Å². The number of nitrogens with two attached hydrogens (primary N) is 1. The van der Waals surface area contributed by atoms with Crippen molar-refractivity contribution in [1.29, 1.82) is 0 Å². The maximum Gasteiger partial charge on any atom is 0.167 e. The topological polar surface area (TPSA) is 52.0 Å². The second-order valence-corrected chi connectivity index (χ2v) is 5.22. The SMILES string of the molecule is CC(CC(N)c1ccccc1)c1noc2ccccc12. The Bertz CT molecular complexity index is 690. The average molecular weight is 266 g/mol. The van der Waals surface area contributed by atoms with Gasteiger partial charge in [-0.1, -0.05) is 54.5 Å². The highest BCUT2D eigenvalue weighted by Gasteiger charge is 2.18. The van der Waals surface area contributed by atoms with Crippen molar-refractivity contribution >= 4 is 11.0 Å². The minimum Gasteiger partial charge on any atom is -0.356 e. The van der Waals surface area contributed by atoms with Crippen LogP contribution in [0, 0.1) is 0 Å². The van der Waals surface area contributed by atoms with E-state index in [1.165, 1.54) is 0 Å². The van der Waals surface area contributed by atoms with E-state index in [2.05, 4.69) is 24.2 Å². The first-order valence-corrected chi connectivity index (χ1v) is 6.90. The van der Waals surface area contributed by atoms with Crippen LogP contribution in [0.15, 0.2) is 59.1 Å². The van der Waals surface area contributed by atoms with Crippen molar-refractivity contribution in [3.05, 3.63) is 65.9 Å². The molecule has 0 bridgehead atoms. The molecule has 2 unspecified atom stereocenters. The molecule has 2 N–H and O–H groups in total. The number of rotatable bonds is 4. The predicted molar refractivity (Wildman–Crippen MR) is 80.4 cm³/mol. The first-order valence-electron chi connectivity index (χ1n) is 6.90. The number of aromatic nitrogens is 1. The Hall–Kier alpha value is -2.13. The summed E-state index contributed by atoms with van der Waals surface area (Å²) in [5.41, 5.74) is 9.28. The van der Waals surface area contributed by atoms with Crippen LogP contribution in [0.3, 0.4) is 0 Å². The number of nitrogens with zero attached hydrogens (tertiary/aromatic N) is 1. The Morgan fingerprint density at radius 2 is 1.75 bits per heavy atom. The smallest absolute Gasteiger partial charge is 0.167 e. The second-order valence-electron chi connectivity index (χ2n) is 5.22. The van der Waals surface area contributed by atoms with E-state index < -0.39 is 0 Å². The molecule has 0 aliphatic carbocycles. The Balaban J connectivity index is 1.81. The third-order valence-electron chi connectivity index (χ3n) is 3.71. The monoisotopic (exact) mass is 266 g/mol. The molecule has 0 aliphatic heterocycles. The van der Waals surface area contributed by atoms with Crippen LogP contribution >= 0.6 is 0 Å².